The molecule has 1 heterocycles. The largest absolute Gasteiger partial charge is 0.311 e. The van der Waals surface area contributed by atoms with Crippen molar-refractivity contribution in [2.75, 3.05) is 13.1 Å². The SMILES string of the molecule is Cc1c(Cl)cccc1S(=O)(=O)N1CCNC(C)C1C.Cl. The number of rotatable bonds is 2. The molecule has 0 saturated carbocycles. The second-order valence-electron chi connectivity index (χ2n) is 4.96. The Hall–Kier alpha value is -0.330. The Morgan fingerprint density at radius 1 is 1.35 bits per heavy atom. The summed E-state index contributed by atoms with van der Waals surface area (Å²) in [5.41, 5.74) is 0.613. The van der Waals surface area contributed by atoms with E-state index in [1.165, 1.54) is 0 Å². The molecule has 2 atom stereocenters. The maximum atomic E-state index is 12.8. The van der Waals surface area contributed by atoms with Gasteiger partial charge in [0.25, 0.3) is 0 Å². The van der Waals surface area contributed by atoms with E-state index < -0.39 is 10.0 Å². The summed E-state index contributed by atoms with van der Waals surface area (Å²) < 4.78 is 27.1. The molecule has 1 aliphatic rings. The van der Waals surface area contributed by atoms with Crippen LogP contribution in [0.15, 0.2) is 23.1 Å². The van der Waals surface area contributed by atoms with Gasteiger partial charge in [0.1, 0.15) is 0 Å². The third-order valence-electron chi connectivity index (χ3n) is 3.78. The molecule has 0 aliphatic carbocycles. The van der Waals surface area contributed by atoms with Crippen molar-refractivity contribution in [2.45, 2.75) is 37.8 Å². The highest BCUT2D eigenvalue weighted by atomic mass is 35.5. The van der Waals surface area contributed by atoms with Crippen molar-refractivity contribution in [1.29, 1.82) is 0 Å². The number of hydrogen-bond acceptors (Lipinski definition) is 3. The van der Waals surface area contributed by atoms with Gasteiger partial charge in [0.2, 0.25) is 10.0 Å². The number of nitrogens with zero attached hydrogens (tertiary/aromatic N) is 1. The first-order valence-corrected chi connectivity index (χ1v) is 8.18. The van der Waals surface area contributed by atoms with Crippen molar-refractivity contribution in [3.8, 4) is 0 Å². The molecule has 0 bridgehead atoms. The molecule has 1 N–H and O–H groups in total. The number of benzene rings is 1. The predicted octanol–water partition coefficient (Wildman–Crippen LogP) is 2.44. The minimum absolute atomic E-state index is 0. The average Bonchev–Trinajstić information content (AvgIpc) is 2.35. The van der Waals surface area contributed by atoms with Gasteiger partial charge >= 0.3 is 0 Å². The molecule has 114 valence electrons. The summed E-state index contributed by atoms with van der Waals surface area (Å²) in [7, 11) is -3.49. The molecule has 0 amide bonds. The summed E-state index contributed by atoms with van der Waals surface area (Å²) in [6.45, 7) is 6.82. The van der Waals surface area contributed by atoms with Gasteiger partial charge in [0.05, 0.1) is 4.90 Å². The third kappa shape index (κ3) is 3.12. The van der Waals surface area contributed by atoms with E-state index in [4.69, 9.17) is 11.6 Å². The number of nitrogens with one attached hydrogen (secondary N) is 1. The van der Waals surface area contributed by atoms with Gasteiger partial charge in [-0.15, -0.1) is 12.4 Å². The summed E-state index contributed by atoms with van der Waals surface area (Å²) in [6.07, 6.45) is 0. The zero-order valence-electron chi connectivity index (χ0n) is 11.8. The summed E-state index contributed by atoms with van der Waals surface area (Å²) in [6, 6.07) is 5.08. The van der Waals surface area contributed by atoms with Crippen molar-refractivity contribution >= 4 is 34.0 Å². The Morgan fingerprint density at radius 3 is 2.65 bits per heavy atom. The summed E-state index contributed by atoms with van der Waals surface area (Å²) in [5.74, 6) is 0. The fourth-order valence-corrected chi connectivity index (χ4v) is 4.54. The van der Waals surface area contributed by atoms with Crippen LogP contribution in [0.4, 0.5) is 0 Å². The molecule has 7 heteroatoms. The van der Waals surface area contributed by atoms with Crippen LogP contribution in [0.1, 0.15) is 19.4 Å². The smallest absolute Gasteiger partial charge is 0.243 e. The van der Waals surface area contributed by atoms with Gasteiger partial charge in [-0.3, -0.25) is 0 Å². The van der Waals surface area contributed by atoms with E-state index in [0.29, 0.717) is 28.6 Å². The number of halogens is 2. The summed E-state index contributed by atoms with van der Waals surface area (Å²) >= 11 is 6.03. The van der Waals surface area contributed by atoms with E-state index in [1.54, 1.807) is 29.4 Å². The third-order valence-corrected chi connectivity index (χ3v) is 6.32. The van der Waals surface area contributed by atoms with E-state index in [0.717, 1.165) is 0 Å². The standard InChI is InChI=1S/C13H19ClN2O2S.ClH/c1-9-12(14)5-4-6-13(9)19(17,18)16-8-7-15-10(2)11(16)3;/h4-6,10-11,15H,7-8H2,1-3H3;1H. The zero-order chi connectivity index (χ0) is 14.2. The molecule has 2 rings (SSSR count). The topological polar surface area (TPSA) is 49.4 Å². The van der Waals surface area contributed by atoms with Gasteiger partial charge < -0.3 is 5.32 Å². The van der Waals surface area contributed by atoms with Gasteiger partial charge in [0.15, 0.2) is 0 Å². The molecule has 4 nitrogen and oxygen atoms in total. The van der Waals surface area contributed by atoms with Gasteiger partial charge in [0, 0.05) is 30.2 Å². The van der Waals surface area contributed by atoms with Crippen LogP contribution in [0.5, 0.6) is 0 Å². The molecule has 1 fully saturated rings. The van der Waals surface area contributed by atoms with Crippen molar-refractivity contribution in [3.63, 3.8) is 0 Å². The molecule has 2 unspecified atom stereocenters. The molecule has 1 aromatic carbocycles. The van der Waals surface area contributed by atoms with Gasteiger partial charge in [-0.2, -0.15) is 4.31 Å². The average molecular weight is 339 g/mol. The first-order chi connectivity index (χ1) is 8.85. The minimum atomic E-state index is -3.49. The van der Waals surface area contributed by atoms with E-state index in [-0.39, 0.29) is 24.5 Å². The lowest BCUT2D eigenvalue weighted by atomic mass is 10.1. The fraction of sp³-hybridized carbons (Fsp3) is 0.538. The van der Waals surface area contributed by atoms with Gasteiger partial charge in [-0.05, 0) is 38.5 Å². The number of hydrogen-bond donors (Lipinski definition) is 1. The lowest BCUT2D eigenvalue weighted by Crippen LogP contribution is -2.57. The Balaban J connectivity index is 0.00000200. The zero-order valence-corrected chi connectivity index (χ0v) is 14.1. The Morgan fingerprint density at radius 2 is 2.00 bits per heavy atom. The molecular formula is C13H20Cl2N2O2S. The van der Waals surface area contributed by atoms with Crippen LogP contribution in [-0.2, 0) is 10.0 Å². The van der Waals surface area contributed by atoms with Gasteiger partial charge in [-0.1, -0.05) is 17.7 Å². The quantitative estimate of drug-likeness (QED) is 0.900. The second-order valence-corrected chi connectivity index (χ2v) is 7.23. The van der Waals surface area contributed by atoms with E-state index in [1.807, 2.05) is 13.8 Å². The van der Waals surface area contributed by atoms with Crippen LogP contribution < -0.4 is 5.32 Å². The van der Waals surface area contributed by atoms with Crippen molar-refractivity contribution in [3.05, 3.63) is 28.8 Å². The van der Waals surface area contributed by atoms with E-state index >= 15 is 0 Å². The molecule has 1 aliphatic heterocycles. The monoisotopic (exact) mass is 338 g/mol. The Bertz CT molecular complexity index is 578. The summed E-state index contributed by atoms with van der Waals surface area (Å²) in [4.78, 5) is 0.306. The maximum absolute atomic E-state index is 12.8. The highest BCUT2D eigenvalue weighted by molar-refractivity contribution is 7.89. The molecule has 1 aromatic rings. The highest BCUT2D eigenvalue weighted by Gasteiger charge is 2.35. The lowest BCUT2D eigenvalue weighted by Gasteiger charge is -2.37. The van der Waals surface area contributed by atoms with Crippen LogP contribution in [0.2, 0.25) is 5.02 Å². The molecule has 20 heavy (non-hydrogen) atoms. The van der Waals surface area contributed by atoms with Crippen LogP contribution in [0.25, 0.3) is 0 Å². The predicted molar refractivity (Wildman–Crippen MR) is 84.3 cm³/mol. The van der Waals surface area contributed by atoms with Gasteiger partial charge in [-0.25, -0.2) is 8.42 Å². The minimum Gasteiger partial charge on any atom is -0.311 e. The molecule has 0 spiro atoms. The van der Waals surface area contributed by atoms with Crippen molar-refractivity contribution in [2.24, 2.45) is 0 Å². The van der Waals surface area contributed by atoms with Crippen LogP contribution in [-0.4, -0.2) is 37.9 Å². The fourth-order valence-electron chi connectivity index (χ4n) is 2.36. The van der Waals surface area contributed by atoms with Crippen LogP contribution >= 0.6 is 24.0 Å². The van der Waals surface area contributed by atoms with E-state index in [2.05, 4.69) is 5.32 Å². The Kier molecular flexibility index (Phi) is 5.87. The molecule has 0 aromatic heterocycles. The van der Waals surface area contributed by atoms with Crippen molar-refractivity contribution < 1.29 is 8.42 Å². The first-order valence-electron chi connectivity index (χ1n) is 6.36. The van der Waals surface area contributed by atoms with Crippen LogP contribution in [0.3, 0.4) is 0 Å². The highest BCUT2D eigenvalue weighted by Crippen LogP contribution is 2.27. The second kappa shape index (κ2) is 6.62. The first kappa shape index (κ1) is 17.7. The molecule has 0 radical (unpaired) electrons. The van der Waals surface area contributed by atoms with Crippen LogP contribution in [0, 0.1) is 6.92 Å². The lowest BCUT2D eigenvalue weighted by molar-refractivity contribution is 0.233. The Labute approximate surface area is 132 Å². The maximum Gasteiger partial charge on any atom is 0.243 e. The number of sulfonamides is 1. The molecular weight excluding hydrogens is 319 g/mol. The number of piperazine rings is 1. The molecule has 1 saturated heterocycles. The van der Waals surface area contributed by atoms with E-state index in [9.17, 15) is 8.42 Å². The summed E-state index contributed by atoms with van der Waals surface area (Å²) in [5, 5.41) is 3.76. The van der Waals surface area contributed by atoms with Crippen molar-refractivity contribution in [1.82, 2.24) is 9.62 Å². The normalized spacial score (nSPS) is 24.2.